The Morgan fingerprint density at radius 3 is 2.44 bits per heavy atom. The molecule has 3 aliphatic rings. The first-order valence-electron chi connectivity index (χ1n) is 12.0. The highest BCUT2D eigenvalue weighted by atomic mass is 79.9. The fraction of sp³-hybridized carbons (Fsp3) is 0.185. The molecule has 0 radical (unpaired) electrons. The largest absolute Gasteiger partial charge is 0.271 e. The lowest BCUT2D eigenvalue weighted by Gasteiger charge is -2.25. The smallest absolute Gasteiger partial charge is 0.264 e. The summed E-state index contributed by atoms with van der Waals surface area (Å²) in [4.78, 5) is 41.1. The van der Waals surface area contributed by atoms with Crippen molar-refractivity contribution < 1.29 is 14.4 Å². The summed E-state index contributed by atoms with van der Waals surface area (Å²) in [5.41, 5.74) is 2.81. The van der Waals surface area contributed by atoms with Gasteiger partial charge in [-0.25, -0.2) is 9.91 Å². The number of benzene rings is 3. The van der Waals surface area contributed by atoms with Crippen molar-refractivity contribution in [1.82, 2.24) is 10.0 Å². The number of carbonyl (C=O) groups is 3. The van der Waals surface area contributed by atoms with Gasteiger partial charge in [0.2, 0.25) is 0 Å². The quantitative estimate of drug-likeness (QED) is 0.353. The van der Waals surface area contributed by atoms with Crippen LogP contribution in [0.1, 0.15) is 23.6 Å². The summed E-state index contributed by atoms with van der Waals surface area (Å²) >= 11 is 15.7. The molecule has 0 aliphatic carbocycles. The monoisotopic (exact) mass is 624 g/mol. The zero-order valence-corrected chi connectivity index (χ0v) is 23.2. The second-order valence-corrected chi connectivity index (χ2v) is 11.0. The van der Waals surface area contributed by atoms with Gasteiger partial charge in [0.05, 0.1) is 22.5 Å². The van der Waals surface area contributed by atoms with Gasteiger partial charge in [-0.15, -0.1) is 0 Å². The minimum atomic E-state index is -1.07. The van der Waals surface area contributed by atoms with Gasteiger partial charge in [0.15, 0.2) is 12.1 Å². The van der Waals surface area contributed by atoms with E-state index < -0.39 is 23.9 Å². The molecule has 3 aliphatic heterocycles. The van der Waals surface area contributed by atoms with Crippen LogP contribution in [0.3, 0.4) is 0 Å². The Morgan fingerprint density at radius 2 is 1.72 bits per heavy atom. The summed E-state index contributed by atoms with van der Waals surface area (Å²) in [5, 5.41) is 15.9. The van der Waals surface area contributed by atoms with Gasteiger partial charge < -0.3 is 0 Å². The Bertz CT molecular complexity index is 1550. The maximum absolute atomic E-state index is 13.7. The van der Waals surface area contributed by atoms with Crippen molar-refractivity contribution in [2.45, 2.75) is 24.5 Å². The second-order valence-electron chi connectivity index (χ2n) is 9.22. The van der Waals surface area contributed by atoms with Gasteiger partial charge >= 0.3 is 0 Å². The first kappa shape index (κ1) is 25.7. The number of anilines is 1. The topological polar surface area (TPSA) is 98.0 Å². The summed E-state index contributed by atoms with van der Waals surface area (Å²) in [7, 11) is 0. The van der Waals surface area contributed by atoms with E-state index in [0.717, 1.165) is 26.2 Å². The molecule has 6 rings (SSSR count). The zero-order chi connectivity index (χ0) is 27.3. The third kappa shape index (κ3) is 4.62. The molecule has 9 nitrogen and oxygen atoms in total. The number of rotatable bonds is 5. The van der Waals surface area contributed by atoms with Crippen molar-refractivity contribution in [2.75, 3.05) is 11.4 Å². The van der Waals surface area contributed by atoms with Gasteiger partial charge in [0, 0.05) is 15.9 Å². The average molecular weight is 626 g/mol. The number of carbonyl (C=O) groups excluding carboxylic acids is 3. The molecule has 3 atom stereocenters. The van der Waals surface area contributed by atoms with E-state index in [-0.39, 0.29) is 29.2 Å². The van der Waals surface area contributed by atoms with E-state index in [1.807, 2.05) is 54.6 Å². The van der Waals surface area contributed by atoms with E-state index in [0.29, 0.717) is 11.4 Å². The van der Waals surface area contributed by atoms with Crippen LogP contribution in [0.2, 0.25) is 10.0 Å². The van der Waals surface area contributed by atoms with Crippen molar-refractivity contribution in [2.24, 2.45) is 15.4 Å². The van der Waals surface area contributed by atoms with Crippen LogP contribution in [0.5, 0.6) is 0 Å². The predicted octanol–water partition coefficient (Wildman–Crippen LogP) is 5.43. The Labute approximate surface area is 241 Å². The van der Waals surface area contributed by atoms with Gasteiger partial charge in [-0.1, -0.05) is 86.8 Å². The molecule has 39 heavy (non-hydrogen) atoms. The molecule has 0 spiro atoms. The van der Waals surface area contributed by atoms with Crippen LogP contribution in [-0.4, -0.2) is 52.1 Å². The average Bonchev–Trinajstić information content (AvgIpc) is 3.61. The highest BCUT2D eigenvalue weighted by Crippen LogP contribution is 2.37. The van der Waals surface area contributed by atoms with Crippen molar-refractivity contribution in [3.05, 3.63) is 98.4 Å². The molecular weight excluding hydrogens is 607 g/mol. The standard InChI is InChI=1S/C27H19BrCl2N6O3/c28-17-8-6-15(7-9-17)20-13-22(16-4-2-1-3-5-16)36(32-20)23(37)14-34-25-24(31-33-34)26(38)35(27(25)39)21-11-10-18(29)12-19(21)30/h1-12,22,24-25H,13-14H2/t22-,24+,25-/m1/s1. The molecule has 3 aromatic carbocycles. The lowest BCUT2D eigenvalue weighted by atomic mass is 9.98. The molecule has 0 N–H and O–H groups in total. The first-order chi connectivity index (χ1) is 18.8. The van der Waals surface area contributed by atoms with Gasteiger partial charge in [-0.05, 0) is 41.5 Å². The lowest BCUT2D eigenvalue weighted by Crippen LogP contribution is -2.44. The summed E-state index contributed by atoms with van der Waals surface area (Å²) in [6.45, 7) is -0.285. The highest BCUT2D eigenvalue weighted by Gasteiger charge is 2.55. The molecule has 1 saturated heterocycles. The van der Waals surface area contributed by atoms with E-state index in [9.17, 15) is 14.4 Å². The minimum Gasteiger partial charge on any atom is -0.271 e. The molecule has 12 heteroatoms. The predicted molar refractivity (Wildman–Crippen MR) is 149 cm³/mol. The molecule has 0 bridgehead atoms. The summed E-state index contributed by atoms with van der Waals surface area (Å²) in [6, 6.07) is 19.4. The van der Waals surface area contributed by atoms with E-state index in [2.05, 4.69) is 31.4 Å². The summed E-state index contributed by atoms with van der Waals surface area (Å²) < 4.78 is 0.941. The maximum Gasteiger partial charge on any atom is 0.264 e. The van der Waals surface area contributed by atoms with E-state index in [1.165, 1.54) is 22.2 Å². The number of hydrogen-bond donors (Lipinski definition) is 0. The van der Waals surface area contributed by atoms with E-state index >= 15 is 0 Å². The SMILES string of the molecule is O=C1[C@H]2N=NN(CC(=O)N3N=C(c4ccc(Br)cc4)C[C@@H]3c3ccccc3)[C@H]2C(=O)N1c1ccc(Cl)cc1Cl. The zero-order valence-electron chi connectivity index (χ0n) is 20.1. The minimum absolute atomic E-state index is 0.154. The van der Waals surface area contributed by atoms with Gasteiger partial charge in [0.25, 0.3) is 17.7 Å². The molecule has 3 heterocycles. The third-order valence-electron chi connectivity index (χ3n) is 6.83. The van der Waals surface area contributed by atoms with Crippen LogP contribution in [0, 0.1) is 0 Å². The van der Waals surface area contributed by atoms with Crippen molar-refractivity contribution in [3.63, 3.8) is 0 Å². The number of fused-ring (bicyclic) bond motifs is 1. The lowest BCUT2D eigenvalue weighted by molar-refractivity contribution is -0.135. The Morgan fingerprint density at radius 1 is 0.974 bits per heavy atom. The molecule has 0 unspecified atom stereocenters. The van der Waals surface area contributed by atoms with Crippen LogP contribution >= 0.6 is 39.1 Å². The highest BCUT2D eigenvalue weighted by molar-refractivity contribution is 9.10. The summed E-state index contributed by atoms with van der Waals surface area (Å²) in [6.07, 6.45) is 0.519. The normalized spacial score (nSPS) is 22.1. The van der Waals surface area contributed by atoms with E-state index in [1.54, 1.807) is 6.07 Å². The number of hydrazone groups is 1. The molecule has 3 amide bonds. The Kier molecular flexibility index (Phi) is 6.70. The molecule has 196 valence electrons. The van der Waals surface area contributed by atoms with Crippen LogP contribution in [-0.2, 0) is 14.4 Å². The molecular formula is C27H19BrCl2N6O3. The van der Waals surface area contributed by atoms with Crippen molar-refractivity contribution in [3.8, 4) is 0 Å². The first-order valence-corrected chi connectivity index (χ1v) is 13.6. The number of amides is 3. The second kappa shape index (κ2) is 10.2. The van der Waals surface area contributed by atoms with Gasteiger partial charge in [-0.2, -0.15) is 10.2 Å². The maximum atomic E-state index is 13.7. The Hall–Kier alpha value is -3.60. The molecule has 0 saturated carbocycles. The van der Waals surface area contributed by atoms with Crippen LogP contribution in [0.15, 0.2) is 92.7 Å². The summed E-state index contributed by atoms with van der Waals surface area (Å²) in [5.74, 6) is -1.50. The number of hydrogen-bond acceptors (Lipinski definition) is 7. The third-order valence-corrected chi connectivity index (χ3v) is 7.90. The van der Waals surface area contributed by atoms with Crippen LogP contribution in [0.25, 0.3) is 0 Å². The van der Waals surface area contributed by atoms with Crippen LogP contribution in [0.4, 0.5) is 5.69 Å². The number of nitrogens with zero attached hydrogens (tertiary/aromatic N) is 6. The van der Waals surface area contributed by atoms with Gasteiger partial charge in [0.1, 0.15) is 6.54 Å². The van der Waals surface area contributed by atoms with E-state index in [4.69, 9.17) is 23.2 Å². The molecule has 1 fully saturated rings. The molecule has 0 aromatic heterocycles. The fourth-order valence-electron chi connectivity index (χ4n) is 4.96. The fourth-order valence-corrected chi connectivity index (χ4v) is 5.71. The van der Waals surface area contributed by atoms with Crippen LogP contribution < -0.4 is 4.90 Å². The van der Waals surface area contributed by atoms with Gasteiger partial charge in [-0.3, -0.25) is 19.4 Å². The van der Waals surface area contributed by atoms with Crippen molar-refractivity contribution >= 4 is 68.3 Å². The number of halogens is 3. The molecule has 3 aromatic rings. The number of imide groups is 1. The van der Waals surface area contributed by atoms with Crippen molar-refractivity contribution in [1.29, 1.82) is 0 Å². The Balaban J connectivity index is 1.26.